The van der Waals surface area contributed by atoms with Crippen LogP contribution in [0.3, 0.4) is 0 Å². The summed E-state index contributed by atoms with van der Waals surface area (Å²) in [6.45, 7) is 2.52. The van der Waals surface area contributed by atoms with Gasteiger partial charge >= 0.3 is 5.97 Å². The number of rotatable bonds is 3. The van der Waals surface area contributed by atoms with Gasteiger partial charge in [-0.1, -0.05) is 6.92 Å². The highest BCUT2D eigenvalue weighted by Crippen LogP contribution is 2.25. The standard InChI is InChI=1S/C13H13N3O3/c1-8(13(18)19)10-6-16(7-10)12(17)11-3-2-9(4-14)5-15-11/h2-3,5,8,10H,6-7H2,1H3,(H,18,19). The van der Waals surface area contributed by atoms with Crippen molar-refractivity contribution in [2.24, 2.45) is 11.8 Å². The van der Waals surface area contributed by atoms with Crippen molar-refractivity contribution in [1.82, 2.24) is 9.88 Å². The van der Waals surface area contributed by atoms with Crippen LogP contribution >= 0.6 is 0 Å². The maximum atomic E-state index is 12.0. The molecule has 1 N–H and O–H groups in total. The van der Waals surface area contributed by atoms with Crippen molar-refractivity contribution in [3.05, 3.63) is 29.6 Å². The number of amides is 1. The van der Waals surface area contributed by atoms with E-state index in [1.54, 1.807) is 11.8 Å². The highest BCUT2D eigenvalue weighted by Gasteiger charge is 2.37. The first-order valence-corrected chi connectivity index (χ1v) is 5.91. The number of carboxylic acid groups (broad SMARTS) is 1. The van der Waals surface area contributed by atoms with Crippen molar-refractivity contribution in [3.8, 4) is 6.07 Å². The molecular formula is C13H13N3O3. The maximum absolute atomic E-state index is 12.0. The molecule has 0 spiro atoms. The van der Waals surface area contributed by atoms with Crippen LogP contribution in [-0.2, 0) is 4.79 Å². The summed E-state index contributed by atoms with van der Waals surface area (Å²) in [5.41, 5.74) is 0.679. The Morgan fingerprint density at radius 2 is 2.21 bits per heavy atom. The summed E-state index contributed by atoms with van der Waals surface area (Å²) in [6, 6.07) is 4.98. The van der Waals surface area contributed by atoms with E-state index in [1.165, 1.54) is 18.3 Å². The lowest BCUT2D eigenvalue weighted by Gasteiger charge is -2.40. The fraction of sp³-hybridized carbons (Fsp3) is 0.385. The number of pyridine rings is 1. The van der Waals surface area contributed by atoms with E-state index in [9.17, 15) is 9.59 Å². The van der Waals surface area contributed by atoms with E-state index in [4.69, 9.17) is 10.4 Å². The summed E-state index contributed by atoms with van der Waals surface area (Å²) in [5, 5.41) is 17.5. The molecule has 98 valence electrons. The van der Waals surface area contributed by atoms with Crippen LogP contribution in [0.2, 0.25) is 0 Å². The molecule has 1 aliphatic rings. The van der Waals surface area contributed by atoms with Gasteiger partial charge in [-0.2, -0.15) is 5.26 Å². The van der Waals surface area contributed by atoms with Gasteiger partial charge in [0.15, 0.2) is 0 Å². The number of aliphatic carboxylic acids is 1. The first-order chi connectivity index (χ1) is 9.02. The number of aromatic nitrogens is 1. The maximum Gasteiger partial charge on any atom is 0.306 e. The molecule has 1 aromatic heterocycles. The van der Waals surface area contributed by atoms with Gasteiger partial charge in [0.05, 0.1) is 11.5 Å². The third-order valence-corrected chi connectivity index (χ3v) is 3.41. The first-order valence-electron chi connectivity index (χ1n) is 5.91. The fourth-order valence-electron chi connectivity index (χ4n) is 1.94. The summed E-state index contributed by atoms with van der Waals surface area (Å²) in [6.07, 6.45) is 1.35. The highest BCUT2D eigenvalue weighted by atomic mass is 16.4. The van der Waals surface area contributed by atoms with Gasteiger partial charge < -0.3 is 10.0 Å². The number of likely N-dealkylation sites (tertiary alicyclic amines) is 1. The molecule has 1 fully saturated rings. The van der Waals surface area contributed by atoms with Crippen LogP contribution in [-0.4, -0.2) is 40.0 Å². The molecule has 1 saturated heterocycles. The van der Waals surface area contributed by atoms with Gasteiger partial charge in [0.1, 0.15) is 11.8 Å². The summed E-state index contributed by atoms with van der Waals surface area (Å²) >= 11 is 0. The van der Waals surface area contributed by atoms with Gasteiger partial charge in [-0.3, -0.25) is 9.59 Å². The van der Waals surface area contributed by atoms with E-state index in [0.29, 0.717) is 18.7 Å². The van der Waals surface area contributed by atoms with Gasteiger partial charge in [0.2, 0.25) is 0 Å². The number of hydrogen-bond donors (Lipinski definition) is 1. The minimum absolute atomic E-state index is 0.000156. The molecule has 1 aliphatic heterocycles. The van der Waals surface area contributed by atoms with Gasteiger partial charge in [0, 0.05) is 25.2 Å². The molecule has 0 saturated carbocycles. The van der Waals surface area contributed by atoms with Crippen molar-refractivity contribution < 1.29 is 14.7 Å². The Kier molecular flexibility index (Phi) is 3.47. The van der Waals surface area contributed by atoms with Crippen molar-refractivity contribution in [2.75, 3.05) is 13.1 Å². The van der Waals surface area contributed by atoms with Crippen LogP contribution in [0, 0.1) is 23.2 Å². The minimum atomic E-state index is -0.839. The summed E-state index contributed by atoms with van der Waals surface area (Å²) in [5.74, 6) is -1.51. The molecule has 1 unspecified atom stereocenters. The smallest absolute Gasteiger partial charge is 0.306 e. The Labute approximate surface area is 110 Å². The third kappa shape index (κ3) is 2.55. The predicted octanol–water partition coefficient (Wildman–Crippen LogP) is 0.746. The lowest BCUT2D eigenvalue weighted by Crippen LogP contribution is -2.53. The van der Waals surface area contributed by atoms with Crippen molar-refractivity contribution in [2.45, 2.75) is 6.92 Å². The molecule has 2 heterocycles. The van der Waals surface area contributed by atoms with E-state index in [-0.39, 0.29) is 17.5 Å². The second-order valence-corrected chi connectivity index (χ2v) is 4.64. The van der Waals surface area contributed by atoms with Crippen LogP contribution in [0.5, 0.6) is 0 Å². The summed E-state index contributed by atoms with van der Waals surface area (Å²) in [7, 11) is 0. The fourth-order valence-corrected chi connectivity index (χ4v) is 1.94. The van der Waals surface area contributed by atoms with Crippen LogP contribution in [0.15, 0.2) is 18.3 Å². The van der Waals surface area contributed by atoms with Gasteiger partial charge in [0.25, 0.3) is 5.91 Å². The van der Waals surface area contributed by atoms with E-state index in [1.807, 2.05) is 6.07 Å². The van der Waals surface area contributed by atoms with Crippen molar-refractivity contribution in [1.29, 1.82) is 5.26 Å². The molecule has 6 heteroatoms. The number of carbonyl (C=O) groups excluding carboxylic acids is 1. The Balaban J connectivity index is 1.96. The van der Waals surface area contributed by atoms with E-state index < -0.39 is 11.9 Å². The summed E-state index contributed by atoms with van der Waals surface area (Å²) < 4.78 is 0. The van der Waals surface area contributed by atoms with Gasteiger partial charge in [-0.15, -0.1) is 0 Å². The third-order valence-electron chi connectivity index (χ3n) is 3.41. The second kappa shape index (κ2) is 5.06. The predicted molar refractivity (Wildman–Crippen MR) is 65.1 cm³/mol. The Bertz CT molecular complexity index is 541. The van der Waals surface area contributed by atoms with Crippen molar-refractivity contribution >= 4 is 11.9 Å². The normalized spacial score (nSPS) is 16.3. The van der Waals surface area contributed by atoms with Crippen LogP contribution in [0.4, 0.5) is 0 Å². The lowest BCUT2D eigenvalue weighted by molar-refractivity contribution is -0.144. The number of carboxylic acids is 1. The van der Waals surface area contributed by atoms with E-state index in [2.05, 4.69) is 4.98 Å². The monoisotopic (exact) mass is 259 g/mol. The highest BCUT2D eigenvalue weighted by molar-refractivity contribution is 5.93. The molecule has 1 amide bonds. The molecule has 0 bridgehead atoms. The zero-order valence-electron chi connectivity index (χ0n) is 10.4. The van der Waals surface area contributed by atoms with Crippen LogP contribution in [0.25, 0.3) is 0 Å². The SMILES string of the molecule is CC(C(=O)O)C1CN(C(=O)c2ccc(C#N)cn2)C1. The van der Waals surface area contributed by atoms with Crippen LogP contribution in [0.1, 0.15) is 23.0 Å². The average Bonchev–Trinajstić information content (AvgIpc) is 2.36. The lowest BCUT2D eigenvalue weighted by atomic mass is 9.87. The van der Waals surface area contributed by atoms with Gasteiger partial charge in [-0.25, -0.2) is 4.98 Å². The Hall–Kier alpha value is -2.42. The molecule has 0 aromatic carbocycles. The van der Waals surface area contributed by atoms with E-state index >= 15 is 0 Å². The molecule has 19 heavy (non-hydrogen) atoms. The average molecular weight is 259 g/mol. The Morgan fingerprint density at radius 1 is 1.53 bits per heavy atom. The molecule has 1 aromatic rings. The Morgan fingerprint density at radius 3 is 2.68 bits per heavy atom. The molecule has 0 aliphatic carbocycles. The zero-order valence-corrected chi connectivity index (χ0v) is 10.4. The summed E-state index contributed by atoms with van der Waals surface area (Å²) in [4.78, 5) is 28.3. The van der Waals surface area contributed by atoms with Crippen molar-refractivity contribution in [3.63, 3.8) is 0 Å². The van der Waals surface area contributed by atoms with Gasteiger partial charge in [-0.05, 0) is 12.1 Å². The zero-order chi connectivity index (χ0) is 14.0. The molecule has 2 rings (SSSR count). The number of hydrogen-bond acceptors (Lipinski definition) is 4. The number of nitrogens with zero attached hydrogens (tertiary/aromatic N) is 3. The van der Waals surface area contributed by atoms with Crippen LogP contribution < -0.4 is 0 Å². The first kappa shape index (κ1) is 13.0. The second-order valence-electron chi connectivity index (χ2n) is 4.64. The molecule has 6 nitrogen and oxygen atoms in total. The quantitative estimate of drug-likeness (QED) is 0.864. The van der Waals surface area contributed by atoms with E-state index in [0.717, 1.165) is 0 Å². The molecule has 1 atom stereocenters. The molecule has 0 radical (unpaired) electrons. The minimum Gasteiger partial charge on any atom is -0.481 e. The number of carbonyl (C=O) groups is 2. The number of nitriles is 1. The topological polar surface area (TPSA) is 94.3 Å². The largest absolute Gasteiger partial charge is 0.481 e. The molecular weight excluding hydrogens is 246 g/mol.